The predicted octanol–water partition coefficient (Wildman–Crippen LogP) is 6.55. The average molecular weight is 604 g/mol. The summed E-state index contributed by atoms with van der Waals surface area (Å²) in [5.41, 5.74) is 2.12. The second-order valence-corrected chi connectivity index (χ2v) is 13.3. The molecule has 0 bridgehead atoms. The lowest BCUT2D eigenvalue weighted by Gasteiger charge is -2.38. The van der Waals surface area contributed by atoms with E-state index in [1.54, 1.807) is 31.3 Å². The van der Waals surface area contributed by atoms with Crippen molar-refractivity contribution < 1.29 is 17.9 Å². The van der Waals surface area contributed by atoms with Crippen LogP contribution in [0.3, 0.4) is 0 Å². The molecule has 0 saturated carbocycles. The van der Waals surface area contributed by atoms with Gasteiger partial charge in [-0.25, -0.2) is 17.5 Å². The Morgan fingerprint density at radius 1 is 0.977 bits per heavy atom. The first kappa shape index (κ1) is 32.5. The monoisotopic (exact) mass is 603 g/mol. The summed E-state index contributed by atoms with van der Waals surface area (Å²) in [5, 5.41) is 0. The van der Waals surface area contributed by atoms with Crippen molar-refractivity contribution in [3.05, 3.63) is 115 Å². The van der Waals surface area contributed by atoms with Gasteiger partial charge in [0.05, 0.1) is 4.90 Å². The maximum atomic E-state index is 13.2. The van der Waals surface area contributed by atoms with E-state index >= 15 is 0 Å². The van der Waals surface area contributed by atoms with Gasteiger partial charge in [-0.05, 0) is 67.8 Å². The van der Waals surface area contributed by atoms with Crippen LogP contribution in [0.5, 0.6) is 0 Å². The number of unbranched alkanes of at least 4 members (excludes halogenated alkanes) is 1. The summed E-state index contributed by atoms with van der Waals surface area (Å²) in [5.74, 6) is 0.0609. The second-order valence-electron chi connectivity index (χ2n) is 11.2. The minimum atomic E-state index is -3.58. The fraction of sp³-hybridized carbons (Fsp3) is 0.400. The summed E-state index contributed by atoms with van der Waals surface area (Å²) in [7, 11) is -1.91. The number of hydrogen-bond acceptors (Lipinski definition) is 5. The minimum absolute atomic E-state index is 0.0609. The van der Waals surface area contributed by atoms with Crippen LogP contribution in [0, 0.1) is 0 Å². The molecule has 3 aromatic rings. The zero-order valence-corrected chi connectivity index (χ0v) is 26.1. The first-order valence-corrected chi connectivity index (χ1v) is 16.7. The van der Waals surface area contributed by atoms with E-state index in [4.69, 9.17) is 4.74 Å². The van der Waals surface area contributed by atoms with Crippen LogP contribution in [0.1, 0.15) is 49.1 Å². The molecule has 1 aliphatic rings. The molecule has 8 heteroatoms. The molecule has 1 amide bonds. The number of amides is 1. The molecule has 0 N–H and O–H groups in total. The normalized spacial score (nSPS) is 15.2. The zero-order valence-electron chi connectivity index (χ0n) is 25.3. The van der Waals surface area contributed by atoms with Gasteiger partial charge >= 0.3 is 6.09 Å². The minimum Gasteiger partial charge on any atom is -0.445 e. The van der Waals surface area contributed by atoms with Gasteiger partial charge in [0, 0.05) is 39.3 Å². The number of piperidine rings is 1. The summed E-state index contributed by atoms with van der Waals surface area (Å²) in [4.78, 5) is 17.8. The Balaban J connectivity index is 1.34. The number of sulfonamides is 1. The maximum Gasteiger partial charge on any atom is 0.410 e. The summed E-state index contributed by atoms with van der Waals surface area (Å²) in [6, 6.07) is 28.7. The van der Waals surface area contributed by atoms with Gasteiger partial charge < -0.3 is 14.5 Å². The molecule has 1 atom stereocenters. The Morgan fingerprint density at radius 2 is 1.58 bits per heavy atom. The van der Waals surface area contributed by atoms with Crippen LogP contribution in [-0.4, -0.2) is 74.4 Å². The average Bonchev–Trinajstić information content (AvgIpc) is 3.05. The molecule has 1 saturated heterocycles. The smallest absolute Gasteiger partial charge is 0.410 e. The molecule has 0 aromatic heterocycles. The molecular formula is C35H45N3O4S. The van der Waals surface area contributed by atoms with Gasteiger partial charge in [-0.3, -0.25) is 0 Å². The van der Waals surface area contributed by atoms with E-state index in [9.17, 15) is 13.2 Å². The lowest BCUT2D eigenvalue weighted by atomic mass is 9.94. The van der Waals surface area contributed by atoms with E-state index in [2.05, 4.69) is 23.6 Å². The summed E-state index contributed by atoms with van der Waals surface area (Å²) in [6.07, 6.45) is 5.96. The maximum absolute atomic E-state index is 13.2. The second kappa shape index (κ2) is 16.4. The number of hydrogen-bond donors (Lipinski definition) is 0. The van der Waals surface area contributed by atoms with Gasteiger partial charge in [-0.15, -0.1) is 6.58 Å². The number of carbonyl (C=O) groups is 1. The zero-order chi connectivity index (χ0) is 30.5. The van der Waals surface area contributed by atoms with Crippen molar-refractivity contribution >= 4 is 16.1 Å². The molecule has 0 spiro atoms. The predicted molar refractivity (Wildman–Crippen MR) is 172 cm³/mol. The molecule has 0 aliphatic carbocycles. The highest BCUT2D eigenvalue weighted by Gasteiger charge is 2.30. The number of likely N-dealkylation sites (tertiary alicyclic amines) is 1. The van der Waals surface area contributed by atoms with Crippen LogP contribution < -0.4 is 0 Å². The molecule has 7 nitrogen and oxygen atoms in total. The third kappa shape index (κ3) is 9.51. The number of allylic oxidation sites excluding steroid dienone is 1. The lowest BCUT2D eigenvalue weighted by molar-refractivity contribution is 0.0597. The van der Waals surface area contributed by atoms with E-state index in [1.807, 2.05) is 65.6 Å². The van der Waals surface area contributed by atoms with Crippen molar-refractivity contribution in [3.63, 3.8) is 0 Å². The molecular weight excluding hydrogens is 558 g/mol. The Morgan fingerprint density at radius 3 is 2.21 bits per heavy atom. The van der Waals surface area contributed by atoms with Crippen molar-refractivity contribution in [1.29, 1.82) is 0 Å². The van der Waals surface area contributed by atoms with Gasteiger partial charge in [0.15, 0.2) is 0 Å². The molecule has 1 fully saturated rings. The van der Waals surface area contributed by atoms with Gasteiger partial charge in [0.25, 0.3) is 0 Å². The SMILES string of the molecule is C=CCCCN(C(=O)OCc1ccccc1)C1CCN(CCC(CN(C)S(=O)(=O)c2ccccc2)c2ccccc2)CC1. The van der Waals surface area contributed by atoms with Crippen LogP contribution in [-0.2, 0) is 21.4 Å². The fourth-order valence-electron chi connectivity index (χ4n) is 5.69. The molecule has 1 unspecified atom stereocenters. The van der Waals surface area contributed by atoms with Crippen LogP contribution in [0.2, 0.25) is 0 Å². The Kier molecular flexibility index (Phi) is 12.4. The number of carbonyl (C=O) groups excluding carboxylic acids is 1. The van der Waals surface area contributed by atoms with Crippen molar-refractivity contribution in [2.24, 2.45) is 0 Å². The first-order valence-electron chi connectivity index (χ1n) is 15.3. The van der Waals surface area contributed by atoms with Crippen molar-refractivity contribution in [3.8, 4) is 0 Å². The Labute approximate surface area is 257 Å². The number of rotatable bonds is 15. The number of nitrogens with zero attached hydrogens (tertiary/aromatic N) is 3. The summed E-state index contributed by atoms with van der Waals surface area (Å²) in [6.45, 7) is 7.78. The lowest BCUT2D eigenvalue weighted by Crippen LogP contribution is -2.48. The van der Waals surface area contributed by atoms with Gasteiger partial charge in [0.1, 0.15) is 6.61 Å². The number of ether oxygens (including phenoxy) is 1. The van der Waals surface area contributed by atoms with Crippen molar-refractivity contribution in [2.45, 2.75) is 55.6 Å². The first-order chi connectivity index (χ1) is 20.9. The molecule has 4 rings (SSSR count). The molecule has 230 valence electrons. The van der Waals surface area contributed by atoms with E-state index in [-0.39, 0.29) is 24.7 Å². The molecule has 3 aromatic carbocycles. The summed E-state index contributed by atoms with van der Waals surface area (Å²) >= 11 is 0. The summed E-state index contributed by atoms with van der Waals surface area (Å²) < 4.78 is 33.7. The van der Waals surface area contributed by atoms with E-state index in [0.29, 0.717) is 18.0 Å². The molecule has 1 aliphatic heterocycles. The highest BCUT2D eigenvalue weighted by atomic mass is 32.2. The van der Waals surface area contributed by atoms with E-state index in [1.165, 1.54) is 4.31 Å². The standard InChI is InChI=1S/C35H45N3O4S/c1-3-4-14-24-38(35(39)42-29-30-15-8-5-9-16-30)33-22-26-37(27-23-33)25-21-32(31-17-10-6-11-18-31)28-36(2)43(40,41)34-19-12-7-13-20-34/h3,5-13,15-20,32-33H,1,4,14,21-29H2,2H3. The van der Waals surface area contributed by atoms with E-state index < -0.39 is 10.0 Å². The fourth-order valence-corrected chi connectivity index (χ4v) is 6.93. The van der Waals surface area contributed by atoms with Crippen LogP contribution >= 0.6 is 0 Å². The largest absolute Gasteiger partial charge is 0.445 e. The topological polar surface area (TPSA) is 70.2 Å². The highest BCUT2D eigenvalue weighted by Crippen LogP contribution is 2.26. The quantitative estimate of drug-likeness (QED) is 0.146. The van der Waals surface area contributed by atoms with E-state index in [0.717, 1.165) is 62.9 Å². The molecule has 1 heterocycles. The Bertz CT molecular complexity index is 1360. The van der Waals surface area contributed by atoms with Crippen LogP contribution in [0.25, 0.3) is 0 Å². The van der Waals surface area contributed by atoms with Gasteiger partial charge in [0.2, 0.25) is 10.0 Å². The van der Waals surface area contributed by atoms with Crippen LogP contribution in [0.15, 0.2) is 109 Å². The highest BCUT2D eigenvalue weighted by molar-refractivity contribution is 7.89. The van der Waals surface area contributed by atoms with Crippen molar-refractivity contribution in [2.75, 3.05) is 39.8 Å². The van der Waals surface area contributed by atoms with Crippen molar-refractivity contribution in [1.82, 2.24) is 14.1 Å². The molecule has 0 radical (unpaired) electrons. The Hall–Kier alpha value is -3.46. The third-order valence-corrected chi connectivity index (χ3v) is 10.1. The number of benzene rings is 3. The third-order valence-electron chi connectivity index (χ3n) is 8.24. The molecule has 43 heavy (non-hydrogen) atoms. The van der Waals surface area contributed by atoms with Gasteiger partial charge in [-0.2, -0.15) is 0 Å². The van der Waals surface area contributed by atoms with Gasteiger partial charge in [-0.1, -0.05) is 84.9 Å². The van der Waals surface area contributed by atoms with Crippen LogP contribution in [0.4, 0.5) is 4.79 Å². The number of likely N-dealkylation sites (N-methyl/N-ethyl adjacent to an activating group) is 1.